The minimum Gasteiger partial charge on any atom is -0.454 e. The Morgan fingerprint density at radius 3 is 2.56 bits per heavy atom. The first-order chi connectivity index (χ1) is 12.2. The average Bonchev–Trinajstić information content (AvgIpc) is 3.08. The molecule has 0 aliphatic carbocycles. The number of benzene rings is 2. The third kappa shape index (κ3) is 2.99. The summed E-state index contributed by atoms with van der Waals surface area (Å²) in [5.74, 6) is 2.48. The molecule has 0 amide bonds. The third-order valence-electron chi connectivity index (χ3n) is 3.92. The molecule has 0 saturated carbocycles. The second-order valence-electron chi connectivity index (χ2n) is 5.62. The maximum atomic E-state index is 6.24. The van der Waals surface area contributed by atoms with Gasteiger partial charge in [0.2, 0.25) is 6.79 Å². The first-order valence-electron chi connectivity index (χ1n) is 7.80. The molecule has 4 N–H and O–H groups in total. The van der Waals surface area contributed by atoms with E-state index < -0.39 is 0 Å². The highest BCUT2D eigenvalue weighted by molar-refractivity contribution is 5.81. The van der Waals surface area contributed by atoms with Gasteiger partial charge in [-0.1, -0.05) is 18.2 Å². The van der Waals surface area contributed by atoms with Crippen molar-refractivity contribution in [2.75, 3.05) is 23.2 Å². The fraction of sp³-hybridized carbons (Fsp3) is 0.111. The molecule has 0 spiro atoms. The summed E-state index contributed by atoms with van der Waals surface area (Å²) >= 11 is 0. The van der Waals surface area contributed by atoms with Crippen molar-refractivity contribution < 1.29 is 9.47 Å². The van der Waals surface area contributed by atoms with E-state index in [4.69, 9.17) is 15.2 Å². The van der Waals surface area contributed by atoms with Gasteiger partial charge in [-0.2, -0.15) is 0 Å². The van der Waals surface area contributed by atoms with E-state index in [1.165, 1.54) is 6.33 Å². The first-order valence-corrected chi connectivity index (χ1v) is 7.80. The molecule has 0 radical (unpaired) electrons. The molecule has 1 aliphatic heterocycles. The van der Waals surface area contributed by atoms with Gasteiger partial charge in [-0.05, 0) is 30.7 Å². The van der Waals surface area contributed by atoms with Gasteiger partial charge in [0.05, 0.1) is 0 Å². The molecule has 3 aromatic rings. The van der Waals surface area contributed by atoms with Crippen molar-refractivity contribution in [3.05, 3.63) is 54.4 Å². The molecule has 7 nitrogen and oxygen atoms in total. The van der Waals surface area contributed by atoms with Gasteiger partial charge in [-0.25, -0.2) is 9.97 Å². The van der Waals surface area contributed by atoms with E-state index in [9.17, 15) is 0 Å². The lowest BCUT2D eigenvalue weighted by molar-refractivity contribution is 0.174. The lowest BCUT2D eigenvalue weighted by Gasteiger charge is -2.14. The average molecular weight is 335 g/mol. The summed E-state index contributed by atoms with van der Waals surface area (Å²) in [7, 11) is 0. The summed E-state index contributed by atoms with van der Waals surface area (Å²) in [6, 6.07) is 13.5. The van der Waals surface area contributed by atoms with Crippen LogP contribution in [-0.2, 0) is 0 Å². The third-order valence-corrected chi connectivity index (χ3v) is 3.92. The Morgan fingerprint density at radius 2 is 1.72 bits per heavy atom. The van der Waals surface area contributed by atoms with Crippen LogP contribution in [0.4, 0.5) is 28.7 Å². The lowest BCUT2D eigenvalue weighted by atomic mass is 10.2. The molecule has 25 heavy (non-hydrogen) atoms. The van der Waals surface area contributed by atoms with Crippen LogP contribution in [0, 0.1) is 6.92 Å². The Hall–Kier alpha value is -3.48. The van der Waals surface area contributed by atoms with Gasteiger partial charge in [0.15, 0.2) is 23.1 Å². The largest absolute Gasteiger partial charge is 0.454 e. The zero-order valence-electron chi connectivity index (χ0n) is 13.6. The van der Waals surface area contributed by atoms with E-state index in [0.29, 0.717) is 23.1 Å². The maximum absolute atomic E-state index is 6.24. The Labute approximate surface area is 144 Å². The molecule has 4 rings (SSSR count). The molecule has 0 saturated heterocycles. The number of nitrogen functional groups attached to an aromatic ring is 1. The Balaban J connectivity index is 1.60. The molecular weight excluding hydrogens is 318 g/mol. The number of anilines is 5. The van der Waals surface area contributed by atoms with Crippen molar-refractivity contribution in [3.63, 3.8) is 0 Å². The van der Waals surface area contributed by atoms with E-state index in [2.05, 4.69) is 20.6 Å². The first kappa shape index (κ1) is 15.1. The molecule has 0 fully saturated rings. The molecule has 7 heteroatoms. The number of nitrogens with zero attached hydrogens (tertiary/aromatic N) is 2. The van der Waals surface area contributed by atoms with Crippen LogP contribution in [0.1, 0.15) is 5.56 Å². The fourth-order valence-corrected chi connectivity index (χ4v) is 2.55. The van der Waals surface area contributed by atoms with Crippen molar-refractivity contribution in [1.29, 1.82) is 0 Å². The van der Waals surface area contributed by atoms with Crippen molar-refractivity contribution in [2.24, 2.45) is 0 Å². The maximum Gasteiger partial charge on any atom is 0.231 e. The van der Waals surface area contributed by atoms with Crippen LogP contribution in [0.5, 0.6) is 11.5 Å². The SMILES string of the molecule is Cc1ccccc1Nc1ncnc(Nc2ccc3c(c2)OCO3)c1N. The summed E-state index contributed by atoms with van der Waals surface area (Å²) < 4.78 is 10.7. The number of ether oxygens (including phenoxy) is 2. The summed E-state index contributed by atoms with van der Waals surface area (Å²) in [5, 5.41) is 6.44. The number of aryl methyl sites for hydroxylation is 1. The normalized spacial score (nSPS) is 12.0. The minimum absolute atomic E-state index is 0.235. The van der Waals surface area contributed by atoms with Gasteiger partial charge in [0, 0.05) is 17.4 Å². The molecule has 2 aromatic carbocycles. The molecule has 1 aliphatic rings. The number of nitrogens with two attached hydrogens (primary N) is 1. The Bertz CT molecular complexity index is 929. The zero-order chi connectivity index (χ0) is 17.2. The molecule has 0 bridgehead atoms. The molecule has 126 valence electrons. The second-order valence-corrected chi connectivity index (χ2v) is 5.62. The van der Waals surface area contributed by atoms with Crippen LogP contribution in [0.15, 0.2) is 48.8 Å². The highest BCUT2D eigenvalue weighted by Gasteiger charge is 2.15. The van der Waals surface area contributed by atoms with E-state index >= 15 is 0 Å². The molecule has 1 aromatic heterocycles. The van der Waals surface area contributed by atoms with Crippen molar-refractivity contribution >= 4 is 28.7 Å². The standard InChI is InChI=1S/C18H17N5O2/c1-11-4-2-3-5-13(11)23-18-16(19)17(20-9-21-18)22-12-6-7-14-15(8-12)25-10-24-14/h2-9H,10,19H2,1H3,(H2,20,21,22,23). The summed E-state index contributed by atoms with van der Waals surface area (Å²) in [5.41, 5.74) is 9.52. The van der Waals surface area contributed by atoms with E-state index in [-0.39, 0.29) is 6.79 Å². The predicted molar refractivity (Wildman–Crippen MR) is 96.8 cm³/mol. The quantitative estimate of drug-likeness (QED) is 0.671. The van der Waals surface area contributed by atoms with Crippen molar-refractivity contribution in [1.82, 2.24) is 9.97 Å². The monoisotopic (exact) mass is 335 g/mol. The van der Waals surface area contributed by atoms with Gasteiger partial charge >= 0.3 is 0 Å². The molecule has 2 heterocycles. The number of para-hydroxylation sites is 1. The fourth-order valence-electron chi connectivity index (χ4n) is 2.55. The van der Waals surface area contributed by atoms with Crippen LogP contribution >= 0.6 is 0 Å². The van der Waals surface area contributed by atoms with Crippen molar-refractivity contribution in [2.45, 2.75) is 6.92 Å². The summed E-state index contributed by atoms with van der Waals surface area (Å²) in [4.78, 5) is 8.48. The number of hydrogen-bond acceptors (Lipinski definition) is 7. The number of fused-ring (bicyclic) bond motifs is 1. The van der Waals surface area contributed by atoms with E-state index in [1.54, 1.807) is 0 Å². The number of hydrogen-bond donors (Lipinski definition) is 3. The van der Waals surface area contributed by atoms with Gasteiger partial charge in [-0.3, -0.25) is 0 Å². The molecular formula is C18H17N5O2. The van der Waals surface area contributed by atoms with Gasteiger partial charge < -0.3 is 25.8 Å². The predicted octanol–water partition coefficient (Wildman–Crippen LogP) is 3.58. The highest BCUT2D eigenvalue weighted by Crippen LogP contribution is 2.36. The number of aromatic nitrogens is 2. The Kier molecular flexibility index (Phi) is 3.74. The second kappa shape index (κ2) is 6.20. The minimum atomic E-state index is 0.235. The van der Waals surface area contributed by atoms with Crippen LogP contribution in [-0.4, -0.2) is 16.8 Å². The smallest absolute Gasteiger partial charge is 0.231 e. The zero-order valence-corrected chi connectivity index (χ0v) is 13.6. The van der Waals surface area contributed by atoms with Gasteiger partial charge in [0.1, 0.15) is 12.0 Å². The molecule has 0 atom stereocenters. The van der Waals surface area contributed by atoms with E-state index in [1.807, 2.05) is 49.4 Å². The number of nitrogens with one attached hydrogen (secondary N) is 2. The summed E-state index contributed by atoms with van der Waals surface area (Å²) in [6.07, 6.45) is 1.46. The topological polar surface area (TPSA) is 94.3 Å². The van der Waals surface area contributed by atoms with Crippen LogP contribution < -0.4 is 25.8 Å². The highest BCUT2D eigenvalue weighted by atomic mass is 16.7. The van der Waals surface area contributed by atoms with E-state index in [0.717, 1.165) is 22.7 Å². The lowest BCUT2D eigenvalue weighted by Crippen LogP contribution is -2.05. The van der Waals surface area contributed by atoms with Crippen LogP contribution in [0.25, 0.3) is 0 Å². The summed E-state index contributed by atoms with van der Waals surface area (Å²) in [6.45, 7) is 2.25. The van der Waals surface area contributed by atoms with Crippen LogP contribution in [0.2, 0.25) is 0 Å². The molecule has 0 unspecified atom stereocenters. The van der Waals surface area contributed by atoms with Crippen molar-refractivity contribution in [3.8, 4) is 11.5 Å². The van der Waals surface area contributed by atoms with Gasteiger partial charge in [0.25, 0.3) is 0 Å². The van der Waals surface area contributed by atoms with Gasteiger partial charge in [-0.15, -0.1) is 0 Å². The number of rotatable bonds is 4. The van der Waals surface area contributed by atoms with Crippen LogP contribution in [0.3, 0.4) is 0 Å². The Morgan fingerprint density at radius 1 is 0.960 bits per heavy atom.